The average molecular weight is 159 g/mol. The standard InChI is InChI=1S/C8H15OS/c1-8(9)4-7-10-5-2-3-6-10/h2-7H2,1H3/q+1. The van der Waals surface area contributed by atoms with Gasteiger partial charge in [-0.1, -0.05) is 0 Å². The van der Waals surface area contributed by atoms with Gasteiger partial charge in [0.1, 0.15) is 23.0 Å². The Balaban J connectivity index is 2.07. The van der Waals surface area contributed by atoms with Crippen LogP contribution in [0.3, 0.4) is 0 Å². The molecule has 0 saturated carbocycles. The van der Waals surface area contributed by atoms with Gasteiger partial charge < -0.3 is 0 Å². The lowest BCUT2D eigenvalue weighted by Gasteiger charge is -1.96. The smallest absolute Gasteiger partial charge is 0.134 e. The molecule has 1 rings (SSSR count). The van der Waals surface area contributed by atoms with Crippen molar-refractivity contribution in [3.8, 4) is 0 Å². The summed E-state index contributed by atoms with van der Waals surface area (Å²) in [4.78, 5) is 10.6. The maximum atomic E-state index is 10.6. The minimum Gasteiger partial charge on any atom is -0.300 e. The molecule has 0 aromatic carbocycles. The molecular weight excluding hydrogens is 144 g/mol. The van der Waals surface area contributed by atoms with Crippen LogP contribution in [0.25, 0.3) is 0 Å². The van der Waals surface area contributed by atoms with Crippen LogP contribution in [0.15, 0.2) is 0 Å². The molecule has 10 heavy (non-hydrogen) atoms. The second-order valence-electron chi connectivity index (χ2n) is 2.88. The maximum absolute atomic E-state index is 10.6. The molecule has 58 valence electrons. The molecular formula is C8H15OS+. The van der Waals surface area contributed by atoms with Gasteiger partial charge in [-0.05, 0) is 30.7 Å². The number of hydrogen-bond acceptors (Lipinski definition) is 1. The molecule has 2 heteroatoms. The van der Waals surface area contributed by atoms with Gasteiger partial charge >= 0.3 is 0 Å². The van der Waals surface area contributed by atoms with Crippen LogP contribution in [-0.4, -0.2) is 23.0 Å². The summed E-state index contributed by atoms with van der Waals surface area (Å²) >= 11 is 0. The predicted molar refractivity (Wildman–Crippen MR) is 46.5 cm³/mol. The highest BCUT2D eigenvalue weighted by Crippen LogP contribution is 2.14. The quantitative estimate of drug-likeness (QED) is 0.569. The van der Waals surface area contributed by atoms with E-state index in [-0.39, 0.29) is 0 Å². The lowest BCUT2D eigenvalue weighted by molar-refractivity contribution is -0.116. The lowest BCUT2D eigenvalue weighted by atomic mass is 10.4. The third kappa shape index (κ3) is 2.74. The van der Waals surface area contributed by atoms with Crippen molar-refractivity contribution in [1.82, 2.24) is 0 Å². The normalized spacial score (nSPS) is 19.7. The summed E-state index contributed by atoms with van der Waals surface area (Å²) in [5.41, 5.74) is 0. The first-order valence-corrected chi connectivity index (χ1v) is 5.66. The zero-order chi connectivity index (χ0) is 7.40. The van der Waals surface area contributed by atoms with E-state index in [9.17, 15) is 4.79 Å². The molecule has 1 saturated heterocycles. The Labute approximate surface area is 65.5 Å². The maximum Gasteiger partial charge on any atom is 0.134 e. The van der Waals surface area contributed by atoms with Crippen molar-refractivity contribution < 1.29 is 4.79 Å². The molecule has 0 radical (unpaired) electrons. The van der Waals surface area contributed by atoms with Gasteiger partial charge in [-0.25, -0.2) is 0 Å². The summed E-state index contributed by atoms with van der Waals surface area (Å²) in [5, 5.41) is 0. The Morgan fingerprint density at radius 2 is 2.00 bits per heavy atom. The van der Waals surface area contributed by atoms with Crippen molar-refractivity contribution in [3.63, 3.8) is 0 Å². The average Bonchev–Trinajstić information content (AvgIpc) is 2.34. The van der Waals surface area contributed by atoms with Gasteiger partial charge in [-0.15, -0.1) is 0 Å². The Hall–Kier alpha value is 0.0200. The zero-order valence-corrected chi connectivity index (χ0v) is 7.38. The summed E-state index contributed by atoms with van der Waals surface area (Å²) in [6.07, 6.45) is 3.63. The van der Waals surface area contributed by atoms with Crippen LogP contribution in [0.2, 0.25) is 0 Å². The first kappa shape index (κ1) is 8.12. The first-order chi connectivity index (χ1) is 4.79. The molecule has 0 bridgehead atoms. The number of ketones is 1. The topological polar surface area (TPSA) is 17.1 Å². The summed E-state index contributed by atoms with van der Waals surface area (Å²) in [7, 11) is 0.631. The Kier molecular flexibility index (Phi) is 3.26. The SMILES string of the molecule is CC(=O)CC[S+]1CCCC1. The Bertz CT molecular complexity index is 116. The van der Waals surface area contributed by atoms with Gasteiger partial charge in [0, 0.05) is 0 Å². The van der Waals surface area contributed by atoms with E-state index >= 15 is 0 Å². The molecule has 1 aliphatic heterocycles. The molecule has 1 aliphatic rings. The van der Waals surface area contributed by atoms with Crippen LogP contribution >= 0.6 is 0 Å². The van der Waals surface area contributed by atoms with E-state index in [0.29, 0.717) is 16.7 Å². The van der Waals surface area contributed by atoms with Crippen molar-refractivity contribution in [2.45, 2.75) is 26.2 Å². The molecule has 0 aromatic heterocycles. The van der Waals surface area contributed by atoms with Crippen LogP contribution in [-0.2, 0) is 15.7 Å². The zero-order valence-electron chi connectivity index (χ0n) is 6.56. The molecule has 0 amide bonds. The largest absolute Gasteiger partial charge is 0.300 e. The molecule has 0 spiro atoms. The van der Waals surface area contributed by atoms with Gasteiger partial charge in [-0.2, -0.15) is 0 Å². The number of Topliss-reactive ketones (excluding diaryl/α,β-unsaturated/α-hetero) is 1. The molecule has 1 heterocycles. The fourth-order valence-corrected chi connectivity index (χ4v) is 3.62. The van der Waals surface area contributed by atoms with Crippen molar-refractivity contribution in [2.75, 3.05) is 17.3 Å². The van der Waals surface area contributed by atoms with E-state index in [4.69, 9.17) is 0 Å². The van der Waals surface area contributed by atoms with Crippen LogP contribution in [0.4, 0.5) is 0 Å². The van der Waals surface area contributed by atoms with Crippen molar-refractivity contribution >= 4 is 16.7 Å². The number of carbonyl (C=O) groups is 1. The highest BCUT2D eigenvalue weighted by atomic mass is 32.2. The predicted octanol–water partition coefficient (Wildman–Crippen LogP) is 1.38. The minimum atomic E-state index is 0.361. The minimum absolute atomic E-state index is 0.361. The summed E-state index contributed by atoms with van der Waals surface area (Å²) < 4.78 is 0. The second-order valence-corrected chi connectivity index (χ2v) is 5.33. The van der Waals surface area contributed by atoms with Crippen molar-refractivity contribution in [2.24, 2.45) is 0 Å². The van der Waals surface area contributed by atoms with Crippen molar-refractivity contribution in [1.29, 1.82) is 0 Å². The van der Waals surface area contributed by atoms with Gasteiger partial charge in [0.05, 0.1) is 6.42 Å². The molecule has 1 fully saturated rings. The number of rotatable bonds is 3. The van der Waals surface area contributed by atoms with E-state index < -0.39 is 0 Å². The highest BCUT2D eigenvalue weighted by molar-refractivity contribution is 7.97. The van der Waals surface area contributed by atoms with Gasteiger partial charge in [-0.3, -0.25) is 4.79 Å². The van der Waals surface area contributed by atoms with E-state index in [1.807, 2.05) is 0 Å². The summed E-state index contributed by atoms with van der Waals surface area (Å²) in [6.45, 7) is 1.69. The monoisotopic (exact) mass is 159 g/mol. The number of carbonyl (C=O) groups excluding carboxylic acids is 1. The van der Waals surface area contributed by atoms with E-state index in [1.54, 1.807) is 6.92 Å². The van der Waals surface area contributed by atoms with Gasteiger partial charge in [0.2, 0.25) is 0 Å². The fourth-order valence-electron chi connectivity index (χ4n) is 1.21. The third-order valence-corrected chi connectivity index (χ3v) is 4.37. The van der Waals surface area contributed by atoms with E-state index in [0.717, 1.165) is 6.42 Å². The number of hydrogen-bond donors (Lipinski definition) is 0. The first-order valence-electron chi connectivity index (χ1n) is 3.92. The van der Waals surface area contributed by atoms with Gasteiger partial charge in [0.25, 0.3) is 0 Å². The highest BCUT2D eigenvalue weighted by Gasteiger charge is 2.23. The van der Waals surface area contributed by atoms with Crippen LogP contribution in [0.5, 0.6) is 0 Å². The van der Waals surface area contributed by atoms with E-state index in [2.05, 4.69) is 0 Å². The molecule has 0 atom stereocenters. The van der Waals surface area contributed by atoms with Crippen LogP contribution in [0, 0.1) is 0 Å². The van der Waals surface area contributed by atoms with Crippen molar-refractivity contribution in [3.05, 3.63) is 0 Å². The Morgan fingerprint density at radius 1 is 1.40 bits per heavy atom. The molecule has 1 nitrogen and oxygen atoms in total. The lowest BCUT2D eigenvalue weighted by Crippen LogP contribution is -2.11. The molecule has 0 aromatic rings. The van der Waals surface area contributed by atoms with Crippen LogP contribution in [0.1, 0.15) is 26.2 Å². The third-order valence-electron chi connectivity index (χ3n) is 1.86. The second kappa shape index (κ2) is 4.02. The molecule has 0 N–H and O–H groups in total. The molecule has 0 unspecified atom stereocenters. The summed E-state index contributed by atoms with van der Waals surface area (Å²) in [6, 6.07) is 0. The van der Waals surface area contributed by atoms with Gasteiger partial charge in [0.15, 0.2) is 0 Å². The summed E-state index contributed by atoms with van der Waals surface area (Å²) in [5.74, 6) is 4.33. The Morgan fingerprint density at radius 3 is 2.50 bits per heavy atom. The van der Waals surface area contributed by atoms with E-state index in [1.165, 1.54) is 30.1 Å². The fraction of sp³-hybridized carbons (Fsp3) is 0.875. The molecule has 0 aliphatic carbocycles. The van der Waals surface area contributed by atoms with Crippen LogP contribution < -0.4 is 0 Å².